The smallest absolute Gasteiger partial charge is 0.407 e. The van der Waals surface area contributed by atoms with E-state index in [0.29, 0.717) is 23.0 Å². The molecule has 0 spiro atoms. The molecule has 4 aromatic rings. The highest BCUT2D eigenvalue weighted by atomic mass is 16.5. The number of amides is 1. The number of carbonyl (C=O) groups excluding carboxylic acids is 1. The molecule has 0 saturated carbocycles. The number of rotatable bonds is 8. The summed E-state index contributed by atoms with van der Waals surface area (Å²) in [6.45, 7) is 0.176. The first-order valence-electron chi connectivity index (χ1n) is 10.8. The molecule has 182 valence electrons. The molecule has 35 heavy (non-hydrogen) atoms. The lowest BCUT2D eigenvalue weighted by molar-refractivity contribution is 0.142. The second kappa shape index (κ2) is 10.3. The van der Waals surface area contributed by atoms with E-state index in [4.69, 9.17) is 28.7 Å². The maximum absolute atomic E-state index is 11.3. The summed E-state index contributed by atoms with van der Waals surface area (Å²) in [5.74, 6) is 2.34. The van der Waals surface area contributed by atoms with Crippen LogP contribution in [0.1, 0.15) is 5.56 Å². The van der Waals surface area contributed by atoms with Gasteiger partial charge in [0.05, 0.1) is 45.2 Å². The van der Waals surface area contributed by atoms with Gasteiger partial charge in [0.25, 0.3) is 0 Å². The van der Waals surface area contributed by atoms with E-state index in [-0.39, 0.29) is 6.61 Å². The summed E-state index contributed by atoms with van der Waals surface area (Å²) in [5.41, 5.74) is 3.97. The number of methoxy groups -OCH3 is 4. The van der Waals surface area contributed by atoms with Gasteiger partial charge in [0.1, 0.15) is 6.61 Å². The number of nitrogens with zero attached hydrogens (tertiary/aromatic N) is 1. The SMILES string of the molecule is CNC(=O)OCc1ccc(Nc2c3cc(OC)c(OC)cc3nc3cc(OC)c(OC)cc23)cc1. The minimum atomic E-state index is -0.476. The van der Waals surface area contributed by atoms with Gasteiger partial charge in [-0.15, -0.1) is 0 Å². The molecule has 2 N–H and O–H groups in total. The van der Waals surface area contributed by atoms with E-state index in [1.165, 1.54) is 7.05 Å². The molecule has 9 heteroatoms. The van der Waals surface area contributed by atoms with Gasteiger partial charge in [0.15, 0.2) is 23.0 Å². The van der Waals surface area contributed by atoms with Crippen molar-refractivity contribution in [3.05, 3.63) is 54.1 Å². The van der Waals surface area contributed by atoms with E-state index >= 15 is 0 Å². The van der Waals surface area contributed by atoms with Crippen LogP contribution in [0.15, 0.2) is 48.5 Å². The highest BCUT2D eigenvalue weighted by molar-refractivity contribution is 6.10. The molecular formula is C26H27N3O6. The van der Waals surface area contributed by atoms with Gasteiger partial charge < -0.3 is 34.3 Å². The zero-order chi connectivity index (χ0) is 24.9. The molecule has 0 aliphatic carbocycles. The van der Waals surface area contributed by atoms with Crippen LogP contribution in [0.5, 0.6) is 23.0 Å². The number of hydrogen-bond donors (Lipinski definition) is 2. The van der Waals surface area contributed by atoms with E-state index in [0.717, 1.165) is 38.7 Å². The molecule has 0 bridgehead atoms. The Balaban J connectivity index is 1.85. The second-order valence-electron chi connectivity index (χ2n) is 7.58. The molecule has 1 amide bonds. The van der Waals surface area contributed by atoms with Crippen molar-refractivity contribution in [2.45, 2.75) is 6.61 Å². The van der Waals surface area contributed by atoms with Crippen LogP contribution in [0.25, 0.3) is 21.8 Å². The van der Waals surface area contributed by atoms with Crippen LogP contribution in [-0.4, -0.2) is 46.6 Å². The third kappa shape index (κ3) is 4.79. The fraction of sp³-hybridized carbons (Fsp3) is 0.231. The fourth-order valence-corrected chi connectivity index (χ4v) is 3.78. The number of fused-ring (bicyclic) bond motifs is 2. The van der Waals surface area contributed by atoms with E-state index in [2.05, 4.69) is 10.6 Å². The maximum atomic E-state index is 11.3. The fourth-order valence-electron chi connectivity index (χ4n) is 3.78. The van der Waals surface area contributed by atoms with E-state index < -0.39 is 6.09 Å². The largest absolute Gasteiger partial charge is 0.493 e. The Labute approximate surface area is 202 Å². The minimum absolute atomic E-state index is 0.176. The van der Waals surface area contributed by atoms with Gasteiger partial charge >= 0.3 is 6.09 Å². The average molecular weight is 478 g/mol. The molecule has 0 saturated heterocycles. The average Bonchev–Trinajstić information content (AvgIpc) is 2.90. The standard InChI is InChI=1S/C26H27N3O6/c1-27-26(30)35-14-15-6-8-16(9-7-15)28-25-17-10-21(31-2)23(33-4)12-19(17)29-20-13-24(34-5)22(32-3)11-18(20)25/h6-13H,14H2,1-5H3,(H,27,30)(H,28,29). The van der Waals surface area contributed by atoms with Crippen LogP contribution < -0.4 is 29.6 Å². The summed E-state index contributed by atoms with van der Waals surface area (Å²) < 4.78 is 27.2. The third-order valence-corrected chi connectivity index (χ3v) is 5.58. The van der Waals surface area contributed by atoms with Crippen molar-refractivity contribution in [3.63, 3.8) is 0 Å². The predicted molar refractivity (Wildman–Crippen MR) is 134 cm³/mol. The number of alkyl carbamates (subject to hydrolysis) is 1. The molecule has 0 aliphatic rings. The van der Waals surface area contributed by atoms with Crippen LogP contribution in [0.2, 0.25) is 0 Å². The van der Waals surface area contributed by atoms with Crippen molar-refractivity contribution in [2.75, 3.05) is 40.8 Å². The number of anilines is 2. The Hall–Kier alpha value is -4.40. The highest BCUT2D eigenvalue weighted by Gasteiger charge is 2.17. The molecule has 0 fully saturated rings. The van der Waals surface area contributed by atoms with Gasteiger partial charge in [-0.2, -0.15) is 0 Å². The minimum Gasteiger partial charge on any atom is -0.493 e. The monoisotopic (exact) mass is 477 g/mol. The number of carbonyl (C=O) groups is 1. The Morgan fingerprint density at radius 2 is 1.26 bits per heavy atom. The Morgan fingerprint density at radius 1 is 0.771 bits per heavy atom. The van der Waals surface area contributed by atoms with Crippen LogP contribution >= 0.6 is 0 Å². The van der Waals surface area contributed by atoms with Gasteiger partial charge in [0, 0.05) is 35.6 Å². The van der Waals surface area contributed by atoms with E-state index in [1.54, 1.807) is 28.4 Å². The molecule has 4 rings (SSSR count). The van der Waals surface area contributed by atoms with Crippen molar-refractivity contribution in [1.29, 1.82) is 0 Å². The molecule has 3 aromatic carbocycles. The van der Waals surface area contributed by atoms with Crippen LogP contribution in [0, 0.1) is 0 Å². The summed E-state index contributed by atoms with van der Waals surface area (Å²) in [6.07, 6.45) is -0.476. The Morgan fingerprint density at radius 3 is 1.71 bits per heavy atom. The first-order chi connectivity index (χ1) is 17.0. The number of pyridine rings is 1. The van der Waals surface area contributed by atoms with Crippen molar-refractivity contribution in [2.24, 2.45) is 0 Å². The maximum Gasteiger partial charge on any atom is 0.407 e. The quantitative estimate of drug-likeness (QED) is 0.341. The Kier molecular flexibility index (Phi) is 6.96. The van der Waals surface area contributed by atoms with Gasteiger partial charge in [-0.05, 0) is 29.8 Å². The first-order valence-corrected chi connectivity index (χ1v) is 10.8. The molecule has 0 unspecified atom stereocenters. The van der Waals surface area contributed by atoms with Crippen LogP contribution in [-0.2, 0) is 11.3 Å². The molecular weight excluding hydrogens is 450 g/mol. The van der Waals surface area contributed by atoms with Crippen LogP contribution in [0.3, 0.4) is 0 Å². The lowest BCUT2D eigenvalue weighted by Gasteiger charge is -2.17. The molecule has 0 aliphatic heterocycles. The number of aromatic nitrogens is 1. The van der Waals surface area contributed by atoms with Gasteiger partial charge in [-0.1, -0.05) is 12.1 Å². The molecule has 1 heterocycles. The van der Waals surface area contributed by atoms with Crippen molar-refractivity contribution in [1.82, 2.24) is 10.3 Å². The summed E-state index contributed by atoms with van der Waals surface area (Å²) in [7, 11) is 7.89. The summed E-state index contributed by atoms with van der Waals surface area (Å²) in [5, 5.41) is 7.63. The van der Waals surface area contributed by atoms with E-state index in [1.807, 2.05) is 48.5 Å². The zero-order valence-electron chi connectivity index (χ0n) is 20.2. The summed E-state index contributed by atoms with van der Waals surface area (Å²) >= 11 is 0. The Bertz CT molecular complexity index is 1300. The lowest BCUT2D eigenvalue weighted by Crippen LogP contribution is -2.18. The second-order valence-corrected chi connectivity index (χ2v) is 7.58. The number of ether oxygens (including phenoxy) is 5. The zero-order valence-corrected chi connectivity index (χ0v) is 20.2. The van der Waals surface area contributed by atoms with Crippen LogP contribution in [0.4, 0.5) is 16.2 Å². The summed E-state index contributed by atoms with van der Waals surface area (Å²) in [4.78, 5) is 16.2. The van der Waals surface area contributed by atoms with Crippen molar-refractivity contribution >= 4 is 39.3 Å². The molecule has 0 atom stereocenters. The van der Waals surface area contributed by atoms with Gasteiger partial charge in [0.2, 0.25) is 0 Å². The highest BCUT2D eigenvalue weighted by Crippen LogP contribution is 2.42. The van der Waals surface area contributed by atoms with Crippen molar-refractivity contribution < 1.29 is 28.5 Å². The topological polar surface area (TPSA) is 100 Å². The molecule has 0 radical (unpaired) electrons. The van der Waals surface area contributed by atoms with E-state index in [9.17, 15) is 4.79 Å². The lowest BCUT2D eigenvalue weighted by atomic mass is 10.1. The van der Waals surface area contributed by atoms with Gasteiger partial charge in [-0.3, -0.25) is 0 Å². The number of benzene rings is 3. The number of hydrogen-bond acceptors (Lipinski definition) is 8. The van der Waals surface area contributed by atoms with Crippen molar-refractivity contribution in [3.8, 4) is 23.0 Å². The number of nitrogens with one attached hydrogen (secondary N) is 2. The first kappa shape index (κ1) is 23.7. The predicted octanol–water partition coefficient (Wildman–Crippen LogP) is 5.02. The molecule has 1 aromatic heterocycles. The summed E-state index contributed by atoms with van der Waals surface area (Å²) in [6, 6.07) is 15.1. The van der Waals surface area contributed by atoms with Gasteiger partial charge in [-0.25, -0.2) is 9.78 Å². The normalized spacial score (nSPS) is 10.7. The third-order valence-electron chi connectivity index (χ3n) is 5.58. The molecule has 9 nitrogen and oxygen atoms in total.